The molecule has 2 aliphatic heterocycles. The number of amides is 5. The van der Waals surface area contributed by atoms with E-state index in [0.29, 0.717) is 63.7 Å². The van der Waals surface area contributed by atoms with Crippen LogP contribution in [0.1, 0.15) is 24.2 Å². The average Bonchev–Trinajstić information content (AvgIpc) is 2.78. The van der Waals surface area contributed by atoms with E-state index in [9.17, 15) is 19.2 Å². The fraction of sp³-hybridized carbons (Fsp3) is 0.524. The molecule has 31 heavy (non-hydrogen) atoms. The van der Waals surface area contributed by atoms with Crippen LogP contribution in [0.4, 0.5) is 10.5 Å². The summed E-state index contributed by atoms with van der Waals surface area (Å²) in [5, 5.41) is 5.44. The Hall–Kier alpha value is -3.14. The lowest BCUT2D eigenvalue weighted by atomic mass is 10.1. The summed E-state index contributed by atoms with van der Waals surface area (Å²) in [6.45, 7) is 6.72. The van der Waals surface area contributed by atoms with E-state index in [1.807, 2.05) is 13.8 Å². The maximum absolute atomic E-state index is 12.9. The molecule has 0 saturated carbocycles. The van der Waals surface area contributed by atoms with Crippen molar-refractivity contribution in [2.45, 2.75) is 19.9 Å². The Morgan fingerprint density at radius 1 is 0.871 bits per heavy atom. The van der Waals surface area contributed by atoms with Crippen molar-refractivity contribution in [3.63, 3.8) is 0 Å². The fourth-order valence-corrected chi connectivity index (χ4v) is 3.49. The Morgan fingerprint density at radius 3 is 2.06 bits per heavy atom. The van der Waals surface area contributed by atoms with E-state index in [4.69, 9.17) is 4.74 Å². The molecule has 3 rings (SSSR count). The number of rotatable bonds is 3. The SMILES string of the molecule is CC(C)NC(=O)Nc1cccc(C(=O)N2CCN(C(=O)C(=O)N3CCOCC3)CC2)c1. The number of morpholine rings is 1. The lowest BCUT2D eigenvalue weighted by Gasteiger charge is -2.36. The highest BCUT2D eigenvalue weighted by molar-refractivity contribution is 6.35. The number of carbonyl (C=O) groups excluding carboxylic acids is 4. The molecule has 10 nitrogen and oxygen atoms in total. The average molecular weight is 431 g/mol. The van der Waals surface area contributed by atoms with E-state index in [2.05, 4.69) is 10.6 Å². The second-order valence-electron chi connectivity index (χ2n) is 7.82. The zero-order valence-electron chi connectivity index (χ0n) is 17.9. The summed E-state index contributed by atoms with van der Waals surface area (Å²) in [4.78, 5) is 54.3. The molecule has 2 heterocycles. The maximum Gasteiger partial charge on any atom is 0.319 e. The molecule has 2 aliphatic rings. The Bertz CT molecular complexity index is 829. The first-order valence-corrected chi connectivity index (χ1v) is 10.5. The van der Waals surface area contributed by atoms with Crippen molar-refractivity contribution in [2.75, 3.05) is 57.8 Å². The van der Waals surface area contributed by atoms with Gasteiger partial charge in [0.05, 0.1) is 13.2 Å². The summed E-state index contributed by atoms with van der Waals surface area (Å²) in [7, 11) is 0. The molecule has 10 heteroatoms. The van der Waals surface area contributed by atoms with Gasteiger partial charge in [-0.3, -0.25) is 14.4 Å². The number of ether oxygens (including phenoxy) is 1. The van der Waals surface area contributed by atoms with Crippen LogP contribution < -0.4 is 10.6 Å². The van der Waals surface area contributed by atoms with Crippen LogP contribution in [0.3, 0.4) is 0 Å². The van der Waals surface area contributed by atoms with E-state index in [-0.39, 0.29) is 18.0 Å². The molecule has 2 N–H and O–H groups in total. The molecule has 0 spiro atoms. The molecule has 0 aliphatic carbocycles. The van der Waals surface area contributed by atoms with Gasteiger partial charge in [-0.15, -0.1) is 0 Å². The van der Waals surface area contributed by atoms with Crippen molar-refractivity contribution >= 4 is 29.4 Å². The lowest BCUT2D eigenvalue weighted by molar-refractivity contribution is -0.154. The molecule has 1 aromatic carbocycles. The van der Waals surface area contributed by atoms with Crippen LogP contribution in [0.15, 0.2) is 24.3 Å². The quantitative estimate of drug-likeness (QED) is 0.672. The van der Waals surface area contributed by atoms with Gasteiger partial charge >= 0.3 is 17.8 Å². The van der Waals surface area contributed by atoms with E-state index >= 15 is 0 Å². The van der Waals surface area contributed by atoms with Crippen molar-refractivity contribution in [3.8, 4) is 0 Å². The van der Waals surface area contributed by atoms with Crippen LogP contribution in [0.5, 0.6) is 0 Å². The van der Waals surface area contributed by atoms with Crippen LogP contribution in [0.25, 0.3) is 0 Å². The highest BCUT2D eigenvalue weighted by atomic mass is 16.5. The van der Waals surface area contributed by atoms with Gasteiger partial charge in [-0.25, -0.2) is 4.79 Å². The predicted molar refractivity (Wildman–Crippen MR) is 114 cm³/mol. The number of carbonyl (C=O) groups is 4. The standard InChI is InChI=1S/C21H29N5O5/c1-15(2)22-21(30)23-17-5-3-4-16(14-17)18(27)24-6-8-25(9-7-24)19(28)20(29)26-10-12-31-13-11-26/h3-5,14-15H,6-13H2,1-2H3,(H2,22,23,30). The number of nitrogens with zero attached hydrogens (tertiary/aromatic N) is 3. The van der Waals surface area contributed by atoms with Gasteiger partial charge in [-0.2, -0.15) is 0 Å². The molecule has 0 unspecified atom stereocenters. The maximum atomic E-state index is 12.9. The van der Waals surface area contributed by atoms with Gasteiger partial charge < -0.3 is 30.1 Å². The monoisotopic (exact) mass is 431 g/mol. The van der Waals surface area contributed by atoms with Crippen LogP contribution in [-0.4, -0.2) is 97.0 Å². The summed E-state index contributed by atoms with van der Waals surface area (Å²) >= 11 is 0. The zero-order valence-corrected chi connectivity index (χ0v) is 17.9. The molecule has 0 atom stereocenters. The first kappa shape index (κ1) is 22.5. The number of nitrogens with one attached hydrogen (secondary N) is 2. The summed E-state index contributed by atoms with van der Waals surface area (Å²) in [5.41, 5.74) is 0.973. The summed E-state index contributed by atoms with van der Waals surface area (Å²) in [5.74, 6) is -1.22. The van der Waals surface area contributed by atoms with Crippen LogP contribution in [0, 0.1) is 0 Å². The van der Waals surface area contributed by atoms with E-state index in [1.54, 1.807) is 29.2 Å². The van der Waals surface area contributed by atoms with Crippen molar-refractivity contribution in [2.24, 2.45) is 0 Å². The Labute approximate surface area is 181 Å². The molecule has 2 fully saturated rings. The van der Waals surface area contributed by atoms with Gasteiger partial charge in [0.2, 0.25) is 0 Å². The van der Waals surface area contributed by atoms with Crippen LogP contribution >= 0.6 is 0 Å². The summed E-state index contributed by atoms with van der Waals surface area (Å²) < 4.78 is 5.21. The van der Waals surface area contributed by atoms with Crippen molar-refractivity contribution < 1.29 is 23.9 Å². The number of hydrogen-bond donors (Lipinski definition) is 2. The minimum Gasteiger partial charge on any atom is -0.378 e. The number of hydrogen-bond acceptors (Lipinski definition) is 5. The van der Waals surface area contributed by atoms with Gasteiger partial charge in [0.25, 0.3) is 5.91 Å². The first-order valence-electron chi connectivity index (χ1n) is 10.5. The smallest absolute Gasteiger partial charge is 0.319 e. The Balaban J connectivity index is 1.54. The van der Waals surface area contributed by atoms with Crippen molar-refractivity contribution in [3.05, 3.63) is 29.8 Å². The number of urea groups is 1. The highest BCUT2D eigenvalue weighted by Gasteiger charge is 2.31. The fourth-order valence-electron chi connectivity index (χ4n) is 3.49. The van der Waals surface area contributed by atoms with Crippen molar-refractivity contribution in [1.82, 2.24) is 20.0 Å². The first-order chi connectivity index (χ1) is 14.8. The zero-order chi connectivity index (χ0) is 22.4. The minimum atomic E-state index is -0.531. The van der Waals surface area contributed by atoms with E-state index in [1.165, 1.54) is 9.80 Å². The molecule has 0 radical (unpaired) electrons. The van der Waals surface area contributed by atoms with Gasteiger partial charge in [-0.1, -0.05) is 6.07 Å². The van der Waals surface area contributed by atoms with E-state index in [0.717, 1.165) is 0 Å². The second-order valence-corrected chi connectivity index (χ2v) is 7.82. The number of benzene rings is 1. The van der Waals surface area contributed by atoms with Gasteiger partial charge in [0.15, 0.2) is 0 Å². The summed E-state index contributed by atoms with van der Waals surface area (Å²) in [6.07, 6.45) is 0. The normalized spacial score (nSPS) is 16.8. The third-order valence-electron chi connectivity index (χ3n) is 5.12. The third-order valence-corrected chi connectivity index (χ3v) is 5.12. The van der Waals surface area contributed by atoms with Crippen LogP contribution in [0.2, 0.25) is 0 Å². The molecule has 0 bridgehead atoms. The molecular weight excluding hydrogens is 402 g/mol. The molecule has 0 aromatic heterocycles. The van der Waals surface area contributed by atoms with Crippen LogP contribution in [-0.2, 0) is 14.3 Å². The van der Waals surface area contributed by atoms with Gasteiger partial charge in [-0.05, 0) is 32.0 Å². The van der Waals surface area contributed by atoms with E-state index < -0.39 is 11.8 Å². The third kappa shape index (κ3) is 5.94. The van der Waals surface area contributed by atoms with Gasteiger partial charge in [0.1, 0.15) is 0 Å². The molecule has 168 valence electrons. The minimum absolute atomic E-state index is 0.000973. The van der Waals surface area contributed by atoms with Crippen molar-refractivity contribution in [1.29, 1.82) is 0 Å². The van der Waals surface area contributed by atoms with Gasteiger partial charge in [0, 0.05) is 56.6 Å². The molecule has 2 saturated heterocycles. The number of anilines is 1. The molecular formula is C21H29N5O5. The topological polar surface area (TPSA) is 111 Å². The highest BCUT2D eigenvalue weighted by Crippen LogP contribution is 2.15. The lowest BCUT2D eigenvalue weighted by Crippen LogP contribution is -2.55. The second kappa shape index (κ2) is 10.3. The Morgan fingerprint density at radius 2 is 1.45 bits per heavy atom. The Kier molecular flexibility index (Phi) is 7.45. The molecule has 5 amide bonds. The largest absolute Gasteiger partial charge is 0.378 e. The predicted octanol–water partition coefficient (Wildman–Crippen LogP) is 0.360. The summed E-state index contributed by atoms with van der Waals surface area (Å²) in [6, 6.07) is 6.40. The molecule has 1 aromatic rings. The number of piperazine rings is 1.